The van der Waals surface area contributed by atoms with E-state index in [1.54, 1.807) is 0 Å². The Kier molecular flexibility index (Phi) is 4.62. The minimum atomic E-state index is -0.590. The van der Waals surface area contributed by atoms with Crippen LogP contribution in [0.2, 0.25) is 0 Å². The lowest BCUT2D eigenvalue weighted by atomic mass is 9.81. The highest BCUT2D eigenvalue weighted by Crippen LogP contribution is 2.29. The predicted octanol–water partition coefficient (Wildman–Crippen LogP) is 3.04. The van der Waals surface area contributed by atoms with E-state index in [9.17, 15) is 0 Å². The van der Waals surface area contributed by atoms with Gasteiger partial charge >= 0.3 is 0 Å². The van der Waals surface area contributed by atoms with Crippen molar-refractivity contribution in [3.8, 4) is 6.07 Å². The normalized spacial score (nSPS) is 27.2. The van der Waals surface area contributed by atoms with Gasteiger partial charge in [0, 0.05) is 17.1 Å². The largest absolute Gasteiger partial charge is 0.313 e. The summed E-state index contributed by atoms with van der Waals surface area (Å²) in [6.45, 7) is 0.939. The number of rotatable bonds is 3. The molecule has 0 aliphatic heterocycles. The molecule has 0 saturated heterocycles. The molecule has 2 N–H and O–H groups in total. The third kappa shape index (κ3) is 3.79. The minimum Gasteiger partial charge on any atom is -0.313 e. The van der Waals surface area contributed by atoms with Crippen molar-refractivity contribution in [3.63, 3.8) is 0 Å². The molecule has 1 aliphatic rings. The second-order valence-electron chi connectivity index (χ2n) is 5.54. The fraction of sp³-hybridized carbons (Fsp3) is 0.533. The third-order valence-electron chi connectivity index (χ3n) is 4.01. The molecule has 1 aromatic carbocycles. The number of hydrogen-bond donors (Lipinski definition) is 1. The number of halogens is 1. The lowest BCUT2D eigenvalue weighted by Crippen LogP contribution is -2.46. The number of nitriles is 1. The Labute approximate surface area is 123 Å². The number of nitrogens with zero attached hydrogens (tertiary/aromatic N) is 2. The van der Waals surface area contributed by atoms with E-state index < -0.39 is 5.54 Å². The van der Waals surface area contributed by atoms with E-state index in [-0.39, 0.29) is 0 Å². The van der Waals surface area contributed by atoms with Crippen LogP contribution < -0.4 is 5.73 Å². The van der Waals surface area contributed by atoms with Crippen molar-refractivity contribution >= 4 is 15.9 Å². The molecular formula is C15H20BrN3. The molecule has 0 unspecified atom stereocenters. The lowest BCUT2D eigenvalue weighted by Gasteiger charge is -2.36. The van der Waals surface area contributed by atoms with E-state index in [4.69, 9.17) is 11.0 Å². The summed E-state index contributed by atoms with van der Waals surface area (Å²) in [5, 5.41) is 9.05. The molecule has 3 nitrogen and oxygen atoms in total. The van der Waals surface area contributed by atoms with E-state index >= 15 is 0 Å². The van der Waals surface area contributed by atoms with Crippen LogP contribution in [0.5, 0.6) is 0 Å². The van der Waals surface area contributed by atoms with Crippen LogP contribution in [0.25, 0.3) is 0 Å². The van der Waals surface area contributed by atoms with Crippen LogP contribution in [0.4, 0.5) is 0 Å². The van der Waals surface area contributed by atoms with Crippen LogP contribution in [0, 0.1) is 11.3 Å². The summed E-state index contributed by atoms with van der Waals surface area (Å²) >= 11 is 3.50. The summed E-state index contributed by atoms with van der Waals surface area (Å²) in [7, 11) is 2.15. The van der Waals surface area contributed by atoms with E-state index in [0.29, 0.717) is 6.04 Å². The second-order valence-corrected chi connectivity index (χ2v) is 6.46. The second kappa shape index (κ2) is 6.04. The first-order valence-electron chi connectivity index (χ1n) is 6.67. The van der Waals surface area contributed by atoms with Crippen LogP contribution in [-0.2, 0) is 6.54 Å². The first kappa shape index (κ1) is 14.5. The molecule has 1 aromatic rings. The molecule has 0 radical (unpaired) electrons. The van der Waals surface area contributed by atoms with Crippen molar-refractivity contribution in [2.24, 2.45) is 5.73 Å². The van der Waals surface area contributed by atoms with Crippen LogP contribution in [0.3, 0.4) is 0 Å². The SMILES string of the molecule is CN(Cc1cccc(Br)c1)C1CCC(N)(C#N)CC1. The average molecular weight is 322 g/mol. The molecule has 19 heavy (non-hydrogen) atoms. The van der Waals surface area contributed by atoms with Crippen LogP contribution >= 0.6 is 15.9 Å². The van der Waals surface area contributed by atoms with Crippen LogP contribution in [0.15, 0.2) is 28.7 Å². The molecule has 0 aromatic heterocycles. The molecule has 0 atom stereocenters. The van der Waals surface area contributed by atoms with Gasteiger partial charge in [0.1, 0.15) is 5.54 Å². The predicted molar refractivity (Wildman–Crippen MR) is 80.4 cm³/mol. The van der Waals surface area contributed by atoms with Crippen molar-refractivity contribution in [1.29, 1.82) is 5.26 Å². The quantitative estimate of drug-likeness (QED) is 0.930. The van der Waals surface area contributed by atoms with Crippen molar-refractivity contribution in [2.45, 2.75) is 43.8 Å². The summed E-state index contributed by atoms with van der Waals surface area (Å²) in [5.74, 6) is 0. The Morgan fingerprint density at radius 1 is 1.47 bits per heavy atom. The van der Waals surface area contributed by atoms with Crippen molar-refractivity contribution in [2.75, 3.05) is 7.05 Å². The van der Waals surface area contributed by atoms with Crippen LogP contribution in [-0.4, -0.2) is 23.5 Å². The Morgan fingerprint density at radius 3 is 2.74 bits per heavy atom. The topological polar surface area (TPSA) is 53.0 Å². The highest BCUT2D eigenvalue weighted by Gasteiger charge is 2.32. The fourth-order valence-corrected chi connectivity index (χ4v) is 3.17. The highest BCUT2D eigenvalue weighted by molar-refractivity contribution is 9.10. The molecule has 0 spiro atoms. The summed E-state index contributed by atoms with van der Waals surface area (Å²) in [6, 6.07) is 11.2. The fourth-order valence-electron chi connectivity index (χ4n) is 2.72. The average Bonchev–Trinajstić information content (AvgIpc) is 2.39. The third-order valence-corrected chi connectivity index (χ3v) is 4.51. The summed E-state index contributed by atoms with van der Waals surface area (Å²) < 4.78 is 1.12. The molecule has 1 aliphatic carbocycles. The molecule has 2 rings (SSSR count). The smallest absolute Gasteiger partial charge is 0.104 e. The molecule has 1 fully saturated rings. The van der Waals surface area contributed by atoms with Gasteiger partial charge in [-0.25, -0.2) is 0 Å². The maximum absolute atomic E-state index is 9.05. The van der Waals surface area contributed by atoms with Crippen LogP contribution in [0.1, 0.15) is 31.2 Å². The van der Waals surface area contributed by atoms with E-state index in [1.807, 2.05) is 6.07 Å². The minimum absolute atomic E-state index is 0.531. The van der Waals surface area contributed by atoms with E-state index in [0.717, 1.165) is 36.7 Å². The van der Waals surface area contributed by atoms with Gasteiger partial charge in [-0.3, -0.25) is 4.90 Å². The Bertz CT molecular complexity index is 473. The molecule has 0 heterocycles. The Morgan fingerprint density at radius 2 is 2.16 bits per heavy atom. The summed E-state index contributed by atoms with van der Waals surface area (Å²) in [5.41, 5.74) is 6.72. The molecule has 1 saturated carbocycles. The van der Waals surface area contributed by atoms with Gasteiger partial charge < -0.3 is 5.73 Å². The first-order chi connectivity index (χ1) is 9.02. The van der Waals surface area contributed by atoms with E-state index in [1.165, 1.54) is 5.56 Å². The molecule has 0 bridgehead atoms. The standard InChI is InChI=1S/C15H20BrN3/c1-19(10-12-3-2-4-13(16)9-12)14-5-7-15(18,11-17)8-6-14/h2-4,9,14H,5-8,10,18H2,1H3. The van der Waals surface area contributed by atoms with Gasteiger partial charge in [0.05, 0.1) is 6.07 Å². The van der Waals surface area contributed by atoms with Gasteiger partial charge in [0.2, 0.25) is 0 Å². The van der Waals surface area contributed by atoms with E-state index in [2.05, 4.69) is 52.1 Å². The van der Waals surface area contributed by atoms with Crippen molar-refractivity contribution in [1.82, 2.24) is 4.90 Å². The number of nitrogens with two attached hydrogens (primary N) is 1. The van der Waals surface area contributed by atoms with Gasteiger partial charge in [-0.05, 0) is 50.4 Å². The van der Waals surface area contributed by atoms with Gasteiger partial charge in [-0.1, -0.05) is 28.1 Å². The van der Waals surface area contributed by atoms with Gasteiger partial charge in [-0.2, -0.15) is 5.26 Å². The Balaban J connectivity index is 1.92. The monoisotopic (exact) mass is 321 g/mol. The first-order valence-corrected chi connectivity index (χ1v) is 7.46. The van der Waals surface area contributed by atoms with Crippen molar-refractivity contribution < 1.29 is 0 Å². The number of hydrogen-bond acceptors (Lipinski definition) is 3. The summed E-state index contributed by atoms with van der Waals surface area (Å²) in [6.07, 6.45) is 3.62. The lowest BCUT2D eigenvalue weighted by molar-refractivity contribution is 0.161. The van der Waals surface area contributed by atoms with Gasteiger partial charge in [-0.15, -0.1) is 0 Å². The molecule has 0 amide bonds. The Hall–Kier alpha value is -0.890. The maximum Gasteiger partial charge on any atom is 0.104 e. The van der Waals surface area contributed by atoms with Gasteiger partial charge in [0.15, 0.2) is 0 Å². The maximum atomic E-state index is 9.05. The zero-order valence-corrected chi connectivity index (χ0v) is 12.9. The van der Waals surface area contributed by atoms with Gasteiger partial charge in [0.25, 0.3) is 0 Å². The van der Waals surface area contributed by atoms with Crippen molar-refractivity contribution in [3.05, 3.63) is 34.3 Å². The zero-order chi connectivity index (χ0) is 13.9. The highest BCUT2D eigenvalue weighted by atomic mass is 79.9. The molecule has 102 valence electrons. The molecular weight excluding hydrogens is 302 g/mol. The number of benzene rings is 1. The zero-order valence-electron chi connectivity index (χ0n) is 11.3. The summed E-state index contributed by atoms with van der Waals surface area (Å²) in [4.78, 5) is 2.37. The molecule has 4 heteroatoms.